The average molecular weight is 444 g/mol. The molecule has 2 heterocycles. The Kier molecular flexibility index (Phi) is 5.81. The van der Waals surface area contributed by atoms with Gasteiger partial charge in [-0.25, -0.2) is 23.4 Å². The largest absolute Gasteiger partial charge is 0.387 e. The molecule has 154 valence electrons. The smallest absolute Gasteiger partial charge is 0.280 e. The van der Waals surface area contributed by atoms with Gasteiger partial charge in [-0.3, -0.25) is 10.1 Å². The standard InChI is InChI=1S/C19H17N5O4S2/c25-18(23-19-22-10-11-29-19)17(24-28-12-16-20-8-1-9-21-16)13-2-4-14(5-3-13)30(26,27)15-6-7-15/h1-5,8-11,15H,6-7,12H2,(H,22,23,25). The number of carbonyl (C=O) groups is 1. The van der Waals surface area contributed by atoms with Crippen LogP contribution in [-0.2, 0) is 26.1 Å². The first-order valence-electron chi connectivity index (χ1n) is 9.05. The summed E-state index contributed by atoms with van der Waals surface area (Å²) in [6, 6.07) is 7.72. The van der Waals surface area contributed by atoms with Gasteiger partial charge in [0.15, 0.2) is 33.1 Å². The molecule has 0 unspecified atom stereocenters. The number of sulfone groups is 1. The van der Waals surface area contributed by atoms with Crippen molar-refractivity contribution in [2.45, 2.75) is 29.6 Å². The number of oxime groups is 1. The van der Waals surface area contributed by atoms with Crippen molar-refractivity contribution in [2.24, 2.45) is 5.16 Å². The summed E-state index contributed by atoms with van der Waals surface area (Å²) >= 11 is 1.26. The van der Waals surface area contributed by atoms with Gasteiger partial charge in [-0.1, -0.05) is 17.3 Å². The van der Waals surface area contributed by atoms with Gasteiger partial charge in [-0.15, -0.1) is 11.3 Å². The van der Waals surface area contributed by atoms with Crippen molar-refractivity contribution >= 4 is 37.9 Å². The fraction of sp³-hybridized carbons (Fsp3) is 0.211. The number of anilines is 1. The maximum Gasteiger partial charge on any atom is 0.280 e. The minimum atomic E-state index is -3.32. The summed E-state index contributed by atoms with van der Waals surface area (Å²) in [6.45, 7) is -0.0248. The highest BCUT2D eigenvalue weighted by molar-refractivity contribution is 7.92. The number of aromatic nitrogens is 3. The van der Waals surface area contributed by atoms with Crippen LogP contribution < -0.4 is 5.32 Å². The molecule has 1 fully saturated rings. The Balaban J connectivity index is 1.57. The number of amides is 1. The average Bonchev–Trinajstić information content (AvgIpc) is 3.51. The van der Waals surface area contributed by atoms with Gasteiger partial charge in [-0.05, 0) is 31.0 Å². The highest BCUT2D eigenvalue weighted by atomic mass is 32.2. The minimum absolute atomic E-state index is 0.0171. The first-order chi connectivity index (χ1) is 14.5. The van der Waals surface area contributed by atoms with Crippen LogP contribution in [0.3, 0.4) is 0 Å². The quantitative estimate of drug-likeness (QED) is 0.419. The molecule has 0 aliphatic heterocycles. The fourth-order valence-corrected chi connectivity index (χ4v) is 4.78. The SMILES string of the molecule is O=C(Nc1nccs1)C(=NOCc1ncccn1)c1ccc(S(=O)(=O)C2CC2)cc1. The van der Waals surface area contributed by atoms with Crippen LogP contribution in [0.4, 0.5) is 5.13 Å². The summed E-state index contributed by atoms with van der Waals surface area (Å²) in [5.41, 5.74) is 0.393. The number of benzene rings is 1. The van der Waals surface area contributed by atoms with Crippen molar-refractivity contribution in [3.8, 4) is 0 Å². The molecule has 1 saturated carbocycles. The summed E-state index contributed by atoms with van der Waals surface area (Å²) < 4.78 is 24.8. The van der Waals surface area contributed by atoms with Crippen molar-refractivity contribution < 1.29 is 18.0 Å². The summed E-state index contributed by atoms with van der Waals surface area (Å²) in [4.78, 5) is 30.4. The Labute approximate surface area is 176 Å². The Morgan fingerprint density at radius 1 is 1.13 bits per heavy atom. The molecule has 2 aromatic heterocycles. The lowest BCUT2D eigenvalue weighted by molar-refractivity contribution is -0.110. The number of nitrogens with zero attached hydrogens (tertiary/aromatic N) is 4. The highest BCUT2D eigenvalue weighted by Crippen LogP contribution is 2.33. The third-order valence-corrected chi connectivity index (χ3v) is 7.22. The van der Waals surface area contributed by atoms with E-state index in [4.69, 9.17) is 4.84 Å². The second-order valence-corrected chi connectivity index (χ2v) is 9.56. The van der Waals surface area contributed by atoms with Crippen molar-refractivity contribution in [2.75, 3.05) is 5.32 Å². The van der Waals surface area contributed by atoms with Gasteiger partial charge in [-0.2, -0.15) is 0 Å². The van der Waals surface area contributed by atoms with Crippen molar-refractivity contribution in [3.05, 3.63) is 65.7 Å². The van der Waals surface area contributed by atoms with E-state index >= 15 is 0 Å². The molecule has 1 aliphatic carbocycles. The Bertz CT molecular complexity index is 1140. The zero-order chi connectivity index (χ0) is 21.0. The van der Waals surface area contributed by atoms with Crippen LogP contribution in [0.25, 0.3) is 0 Å². The number of hydrogen-bond donors (Lipinski definition) is 1. The first kappa shape index (κ1) is 20.1. The maximum atomic E-state index is 12.7. The molecule has 30 heavy (non-hydrogen) atoms. The molecule has 1 N–H and O–H groups in total. The van der Waals surface area contributed by atoms with Gasteiger partial charge in [0.2, 0.25) is 0 Å². The molecule has 4 rings (SSSR count). The lowest BCUT2D eigenvalue weighted by Gasteiger charge is -2.08. The summed E-state index contributed by atoms with van der Waals surface area (Å²) in [6.07, 6.45) is 6.08. The second-order valence-electron chi connectivity index (χ2n) is 6.44. The van der Waals surface area contributed by atoms with Crippen LogP contribution in [0, 0.1) is 0 Å². The van der Waals surface area contributed by atoms with Crippen LogP contribution in [0.5, 0.6) is 0 Å². The van der Waals surface area contributed by atoms with E-state index in [1.165, 1.54) is 35.6 Å². The van der Waals surface area contributed by atoms with E-state index in [1.807, 2.05) is 0 Å². The monoisotopic (exact) mass is 443 g/mol. The lowest BCUT2D eigenvalue weighted by Crippen LogP contribution is -2.24. The molecule has 11 heteroatoms. The topological polar surface area (TPSA) is 124 Å². The van der Waals surface area contributed by atoms with Gasteiger partial charge in [0.25, 0.3) is 5.91 Å². The summed E-state index contributed by atoms with van der Waals surface area (Å²) in [7, 11) is -3.32. The predicted octanol–water partition coefficient (Wildman–Crippen LogP) is 2.43. The van der Waals surface area contributed by atoms with Crippen molar-refractivity contribution in [1.29, 1.82) is 0 Å². The van der Waals surface area contributed by atoms with E-state index in [-0.39, 0.29) is 22.5 Å². The molecular formula is C19H17N5O4S2. The van der Waals surface area contributed by atoms with E-state index in [2.05, 4.69) is 25.4 Å². The molecule has 1 aliphatic rings. The molecule has 0 radical (unpaired) electrons. The van der Waals surface area contributed by atoms with Crippen LogP contribution in [0.1, 0.15) is 24.2 Å². The van der Waals surface area contributed by atoms with E-state index < -0.39 is 15.7 Å². The van der Waals surface area contributed by atoms with Crippen molar-refractivity contribution in [1.82, 2.24) is 15.0 Å². The fourth-order valence-electron chi connectivity index (χ4n) is 2.60. The van der Waals surface area contributed by atoms with E-state index in [0.29, 0.717) is 29.4 Å². The van der Waals surface area contributed by atoms with E-state index in [9.17, 15) is 13.2 Å². The van der Waals surface area contributed by atoms with Crippen LogP contribution in [0.2, 0.25) is 0 Å². The number of hydrogen-bond acceptors (Lipinski definition) is 9. The maximum absolute atomic E-state index is 12.7. The van der Waals surface area contributed by atoms with E-state index in [1.54, 1.807) is 30.0 Å². The van der Waals surface area contributed by atoms with Crippen molar-refractivity contribution in [3.63, 3.8) is 0 Å². The predicted molar refractivity (Wildman–Crippen MR) is 111 cm³/mol. The number of rotatable bonds is 8. The zero-order valence-corrected chi connectivity index (χ0v) is 17.3. The Morgan fingerprint density at radius 2 is 1.87 bits per heavy atom. The molecule has 0 atom stereocenters. The van der Waals surface area contributed by atoms with Crippen LogP contribution >= 0.6 is 11.3 Å². The number of thiazole rings is 1. The van der Waals surface area contributed by atoms with Gasteiger partial charge in [0.05, 0.1) is 10.1 Å². The molecule has 0 saturated heterocycles. The molecule has 9 nitrogen and oxygen atoms in total. The highest BCUT2D eigenvalue weighted by Gasteiger charge is 2.36. The Hall–Kier alpha value is -3.18. The number of nitrogens with one attached hydrogen (secondary N) is 1. The second kappa shape index (κ2) is 8.67. The zero-order valence-electron chi connectivity index (χ0n) is 15.6. The van der Waals surface area contributed by atoms with Gasteiger partial charge in [0.1, 0.15) is 0 Å². The molecule has 1 amide bonds. The third-order valence-electron chi connectivity index (χ3n) is 4.26. The molecule has 3 aromatic rings. The molecule has 1 aromatic carbocycles. The lowest BCUT2D eigenvalue weighted by atomic mass is 10.1. The Morgan fingerprint density at radius 3 is 2.50 bits per heavy atom. The molecular weight excluding hydrogens is 426 g/mol. The molecule has 0 bridgehead atoms. The summed E-state index contributed by atoms with van der Waals surface area (Å²) in [5.74, 6) is -0.122. The minimum Gasteiger partial charge on any atom is -0.387 e. The van der Waals surface area contributed by atoms with Crippen LogP contribution in [0.15, 0.2) is 64.4 Å². The van der Waals surface area contributed by atoms with Gasteiger partial charge >= 0.3 is 0 Å². The summed E-state index contributed by atoms with van der Waals surface area (Å²) in [5, 5.41) is 8.44. The number of carbonyl (C=O) groups excluding carboxylic acids is 1. The third kappa shape index (κ3) is 4.69. The van der Waals surface area contributed by atoms with Gasteiger partial charge < -0.3 is 4.84 Å². The first-order valence-corrected chi connectivity index (χ1v) is 11.5. The van der Waals surface area contributed by atoms with Gasteiger partial charge in [0, 0.05) is 29.5 Å². The van der Waals surface area contributed by atoms with Crippen LogP contribution in [-0.4, -0.2) is 40.2 Å². The normalized spacial score (nSPS) is 14.3. The molecule has 0 spiro atoms. The van der Waals surface area contributed by atoms with E-state index in [0.717, 1.165) is 0 Å².